The van der Waals surface area contributed by atoms with Gasteiger partial charge in [-0.25, -0.2) is 0 Å². The van der Waals surface area contributed by atoms with E-state index in [1.54, 1.807) is 0 Å². The van der Waals surface area contributed by atoms with E-state index in [9.17, 15) is 14.4 Å². The van der Waals surface area contributed by atoms with Crippen molar-refractivity contribution < 1.29 is 28.6 Å². The van der Waals surface area contributed by atoms with Crippen molar-refractivity contribution in [1.29, 1.82) is 0 Å². The fraction of sp³-hybridized carbons (Fsp3) is 0.614. The molecular weight excluding hydrogens is 937 g/mol. The minimum Gasteiger partial charge on any atom is -0.462 e. The van der Waals surface area contributed by atoms with Crippen LogP contribution in [0.5, 0.6) is 0 Å². The molecule has 0 aliphatic rings. The summed E-state index contributed by atoms with van der Waals surface area (Å²) in [6.45, 7) is 6.39. The van der Waals surface area contributed by atoms with Crippen molar-refractivity contribution in [3.63, 3.8) is 0 Å². The van der Waals surface area contributed by atoms with Crippen LogP contribution in [0, 0.1) is 0 Å². The van der Waals surface area contributed by atoms with Crippen LogP contribution in [0.3, 0.4) is 0 Å². The molecule has 0 fully saturated rings. The van der Waals surface area contributed by atoms with Gasteiger partial charge in [0.2, 0.25) is 0 Å². The van der Waals surface area contributed by atoms with Crippen molar-refractivity contribution in [3.8, 4) is 0 Å². The molecular formula is C70H112O6. The Morgan fingerprint density at radius 2 is 0.539 bits per heavy atom. The number of unbranched alkanes of at least 4 members (excludes halogenated alkanes) is 19. The molecule has 0 aliphatic heterocycles. The fourth-order valence-electron chi connectivity index (χ4n) is 7.94. The van der Waals surface area contributed by atoms with E-state index < -0.39 is 6.10 Å². The van der Waals surface area contributed by atoms with Gasteiger partial charge in [0, 0.05) is 19.3 Å². The number of carbonyl (C=O) groups excluding carboxylic acids is 3. The third-order valence-corrected chi connectivity index (χ3v) is 12.5. The third kappa shape index (κ3) is 60.2. The van der Waals surface area contributed by atoms with Gasteiger partial charge < -0.3 is 14.2 Å². The third-order valence-electron chi connectivity index (χ3n) is 12.5. The first-order chi connectivity index (χ1) is 37.5. The van der Waals surface area contributed by atoms with E-state index in [2.05, 4.69) is 167 Å². The molecule has 6 heteroatoms. The predicted molar refractivity (Wildman–Crippen MR) is 329 cm³/mol. The van der Waals surface area contributed by atoms with Crippen molar-refractivity contribution >= 4 is 17.9 Å². The normalized spacial score (nSPS) is 13.1. The Morgan fingerprint density at radius 3 is 0.868 bits per heavy atom. The molecule has 1 unspecified atom stereocenters. The maximum absolute atomic E-state index is 12.8. The summed E-state index contributed by atoms with van der Waals surface area (Å²) in [5.41, 5.74) is 0. The highest BCUT2D eigenvalue weighted by atomic mass is 16.6. The summed E-state index contributed by atoms with van der Waals surface area (Å²) in [5, 5.41) is 0. The number of carbonyl (C=O) groups is 3. The molecule has 1 atom stereocenters. The molecule has 0 N–H and O–H groups in total. The van der Waals surface area contributed by atoms with Crippen LogP contribution >= 0.6 is 0 Å². The molecule has 0 aromatic carbocycles. The molecule has 6 nitrogen and oxygen atoms in total. The Labute approximate surface area is 467 Å². The van der Waals surface area contributed by atoms with Gasteiger partial charge in [0.1, 0.15) is 13.2 Å². The summed E-state index contributed by atoms with van der Waals surface area (Å²) in [6.07, 6.45) is 90.0. The van der Waals surface area contributed by atoms with Crippen molar-refractivity contribution in [1.82, 2.24) is 0 Å². The molecule has 428 valence electrons. The van der Waals surface area contributed by atoms with E-state index in [4.69, 9.17) is 14.2 Å². The van der Waals surface area contributed by atoms with Crippen LogP contribution < -0.4 is 0 Å². The Hall–Kier alpha value is -4.71. The lowest BCUT2D eigenvalue weighted by molar-refractivity contribution is -0.167. The first-order valence-corrected chi connectivity index (χ1v) is 30.8. The molecule has 0 aliphatic carbocycles. The van der Waals surface area contributed by atoms with Crippen LogP contribution in [0.1, 0.15) is 258 Å². The quantitative estimate of drug-likeness (QED) is 0.0261. The Balaban J connectivity index is 4.29. The highest BCUT2D eigenvalue weighted by molar-refractivity contribution is 5.71. The summed E-state index contributed by atoms with van der Waals surface area (Å²) in [6, 6.07) is 0. The number of hydrogen-bond acceptors (Lipinski definition) is 6. The molecule has 0 bridgehead atoms. The van der Waals surface area contributed by atoms with Gasteiger partial charge in [-0.1, -0.05) is 244 Å². The lowest BCUT2D eigenvalue weighted by atomic mass is 10.1. The SMILES string of the molecule is CC/C=C\C/C=C\C/C=C\C/C=C\C/C=C\C/C=C\C/C=C\C/C=C\C/C=C\CCCCCCCC(=O)OCC(COC(=O)CCCCCCC/C=C\CCC)OC(=O)CCCCCCC/C=C\C/C=C\CCCCC. The number of hydrogen-bond donors (Lipinski definition) is 0. The molecule has 0 amide bonds. The number of allylic oxidation sites excluding steroid dienone is 24. The van der Waals surface area contributed by atoms with Gasteiger partial charge >= 0.3 is 17.9 Å². The Morgan fingerprint density at radius 1 is 0.276 bits per heavy atom. The molecule has 0 aromatic heterocycles. The molecule has 0 spiro atoms. The number of rotatable bonds is 54. The standard InChI is InChI=1S/C70H112O6/c1-4-7-10-13-16-19-22-24-26-27-28-29-30-31-32-33-34-35-36-37-38-39-40-41-42-43-45-46-48-51-54-57-60-63-69(72)75-66-67(65-74-68(71)62-59-56-53-50-21-18-15-12-9-6-3)76-70(73)64-61-58-55-52-49-47-44-25-23-20-17-14-11-8-5-2/h7,10,12,15-17,19-20,24-26,28-29,31-32,34-35,37-38,40-41,43-45,67H,4-6,8-9,11,13-14,18,21-23,27,30,33,36,39,42,46-66H2,1-3H3/b10-7-,15-12-,19-16-,20-17-,26-24-,29-28-,32-31-,35-34-,38-37-,41-40-,44-25-,45-43-. The Bertz CT molecular complexity index is 1680. The minimum absolute atomic E-state index is 0.0987. The van der Waals surface area contributed by atoms with Crippen LogP contribution in [-0.4, -0.2) is 37.2 Å². The van der Waals surface area contributed by atoms with E-state index in [0.717, 1.165) is 180 Å². The zero-order valence-electron chi connectivity index (χ0n) is 49.0. The van der Waals surface area contributed by atoms with Crippen LogP contribution in [0.25, 0.3) is 0 Å². The van der Waals surface area contributed by atoms with Gasteiger partial charge in [-0.2, -0.15) is 0 Å². The van der Waals surface area contributed by atoms with Crippen LogP contribution in [0.2, 0.25) is 0 Å². The van der Waals surface area contributed by atoms with Crippen molar-refractivity contribution in [2.24, 2.45) is 0 Å². The molecule has 0 saturated heterocycles. The molecule has 76 heavy (non-hydrogen) atoms. The molecule has 0 heterocycles. The minimum atomic E-state index is -0.802. The summed E-state index contributed by atoms with van der Waals surface area (Å²) < 4.78 is 16.8. The molecule has 0 aromatic rings. The maximum atomic E-state index is 12.8. The van der Waals surface area contributed by atoms with Crippen molar-refractivity contribution in [3.05, 3.63) is 146 Å². The maximum Gasteiger partial charge on any atom is 0.306 e. The van der Waals surface area contributed by atoms with Crippen LogP contribution in [-0.2, 0) is 28.6 Å². The van der Waals surface area contributed by atoms with E-state index >= 15 is 0 Å². The Kier molecular flexibility index (Phi) is 58.9. The van der Waals surface area contributed by atoms with Crippen LogP contribution in [0.4, 0.5) is 0 Å². The number of esters is 3. The smallest absolute Gasteiger partial charge is 0.306 e. The van der Waals surface area contributed by atoms with Crippen LogP contribution in [0.15, 0.2) is 146 Å². The average Bonchev–Trinajstić information content (AvgIpc) is 3.42. The lowest BCUT2D eigenvalue weighted by Gasteiger charge is -2.18. The monoisotopic (exact) mass is 1050 g/mol. The zero-order chi connectivity index (χ0) is 55.0. The summed E-state index contributed by atoms with van der Waals surface area (Å²) in [4.78, 5) is 38.1. The van der Waals surface area contributed by atoms with E-state index in [-0.39, 0.29) is 31.1 Å². The van der Waals surface area contributed by atoms with Gasteiger partial charge in [-0.3, -0.25) is 14.4 Å². The molecule has 0 saturated carbocycles. The second-order valence-corrected chi connectivity index (χ2v) is 19.9. The van der Waals surface area contributed by atoms with Gasteiger partial charge in [0.05, 0.1) is 0 Å². The first kappa shape index (κ1) is 71.3. The van der Waals surface area contributed by atoms with E-state index in [1.165, 1.54) is 38.5 Å². The second kappa shape index (κ2) is 62.8. The summed E-state index contributed by atoms with van der Waals surface area (Å²) in [5.74, 6) is -0.947. The van der Waals surface area contributed by atoms with Gasteiger partial charge in [0.15, 0.2) is 6.10 Å². The largest absolute Gasteiger partial charge is 0.462 e. The molecule has 0 radical (unpaired) electrons. The summed E-state index contributed by atoms with van der Waals surface area (Å²) in [7, 11) is 0. The van der Waals surface area contributed by atoms with Crippen molar-refractivity contribution in [2.45, 2.75) is 264 Å². The second-order valence-electron chi connectivity index (χ2n) is 19.9. The van der Waals surface area contributed by atoms with Gasteiger partial charge in [-0.05, 0) is 141 Å². The van der Waals surface area contributed by atoms with Gasteiger partial charge in [0.25, 0.3) is 0 Å². The lowest BCUT2D eigenvalue weighted by Crippen LogP contribution is -2.30. The zero-order valence-corrected chi connectivity index (χ0v) is 49.0. The average molecular weight is 1050 g/mol. The first-order valence-electron chi connectivity index (χ1n) is 30.8. The van der Waals surface area contributed by atoms with Crippen molar-refractivity contribution in [2.75, 3.05) is 13.2 Å². The highest BCUT2D eigenvalue weighted by Crippen LogP contribution is 2.13. The number of ether oxygens (including phenoxy) is 3. The molecule has 0 rings (SSSR count). The topological polar surface area (TPSA) is 78.9 Å². The fourth-order valence-corrected chi connectivity index (χ4v) is 7.94. The predicted octanol–water partition coefficient (Wildman–Crippen LogP) is 21.2. The van der Waals surface area contributed by atoms with E-state index in [0.29, 0.717) is 19.3 Å². The van der Waals surface area contributed by atoms with Gasteiger partial charge in [-0.15, -0.1) is 0 Å². The summed E-state index contributed by atoms with van der Waals surface area (Å²) >= 11 is 0. The van der Waals surface area contributed by atoms with E-state index in [1.807, 2.05) is 0 Å². The highest BCUT2D eigenvalue weighted by Gasteiger charge is 2.19.